The molecule has 0 aromatic heterocycles. The number of rotatable bonds is 2. The number of ether oxygens (including phenoxy) is 1. The Kier molecular flexibility index (Phi) is 3.43. The molecule has 1 heterocycles. The topological polar surface area (TPSA) is 23.3 Å². The van der Waals surface area contributed by atoms with E-state index in [1.807, 2.05) is 24.3 Å². The van der Waals surface area contributed by atoms with Crippen molar-refractivity contribution >= 4 is 15.9 Å². The van der Waals surface area contributed by atoms with Crippen molar-refractivity contribution in [1.82, 2.24) is 5.32 Å². The highest BCUT2D eigenvalue weighted by molar-refractivity contribution is 9.10. The summed E-state index contributed by atoms with van der Waals surface area (Å²) in [7, 11) is 0. The molecule has 14 heavy (non-hydrogen) atoms. The van der Waals surface area contributed by atoms with Crippen LogP contribution in [0.3, 0.4) is 0 Å². The van der Waals surface area contributed by atoms with E-state index < -0.39 is 0 Å². The van der Waals surface area contributed by atoms with E-state index in [0.717, 1.165) is 36.2 Å². The van der Waals surface area contributed by atoms with Crippen LogP contribution in [0.15, 0.2) is 28.7 Å². The van der Waals surface area contributed by atoms with Gasteiger partial charge in [0.05, 0.1) is 0 Å². The van der Waals surface area contributed by atoms with Crippen LogP contribution in [0.5, 0.6) is 5.75 Å². The minimum absolute atomic E-state index is 0.355. The average molecular weight is 255 g/mol. The van der Waals surface area contributed by atoms with Crippen molar-refractivity contribution in [2.45, 2.75) is 18.9 Å². The van der Waals surface area contributed by atoms with Crippen LogP contribution >= 0.6 is 15.9 Å². The van der Waals surface area contributed by atoms with Gasteiger partial charge in [0.1, 0.15) is 11.9 Å². The summed E-state index contributed by atoms with van der Waals surface area (Å²) in [5.74, 6) is 0.958. The first-order valence-corrected chi connectivity index (χ1v) is 5.69. The average Bonchev–Trinajstić information content (AvgIpc) is 2.23. The van der Waals surface area contributed by atoms with Crippen molar-refractivity contribution in [2.24, 2.45) is 0 Å². The first kappa shape index (κ1) is 9.99. The highest BCUT2D eigenvalue weighted by Crippen LogP contribution is 2.19. The van der Waals surface area contributed by atoms with Crippen LogP contribution in [-0.2, 0) is 0 Å². The third kappa shape index (κ3) is 2.72. The normalized spacial score (nSPS) is 18.1. The molecule has 0 amide bonds. The summed E-state index contributed by atoms with van der Waals surface area (Å²) in [5, 5.41) is 4.30. The van der Waals surface area contributed by atoms with E-state index in [-0.39, 0.29) is 0 Å². The molecular formula is C11H13BrNO. The minimum atomic E-state index is 0.355. The second-order valence-corrected chi connectivity index (χ2v) is 4.36. The van der Waals surface area contributed by atoms with Crippen LogP contribution in [0.4, 0.5) is 0 Å². The van der Waals surface area contributed by atoms with Gasteiger partial charge in [-0.1, -0.05) is 15.9 Å². The van der Waals surface area contributed by atoms with Gasteiger partial charge in [-0.05, 0) is 37.1 Å². The molecule has 1 aliphatic heterocycles. The first-order valence-electron chi connectivity index (χ1n) is 4.90. The second-order valence-electron chi connectivity index (χ2n) is 3.44. The fourth-order valence-corrected chi connectivity index (χ4v) is 1.81. The lowest BCUT2D eigenvalue weighted by Gasteiger charge is -2.22. The minimum Gasteiger partial charge on any atom is -0.490 e. The third-order valence-electron chi connectivity index (χ3n) is 2.33. The standard InChI is InChI=1S/C11H13BrNO/c12-9-1-3-10(4-2-9)14-11-5-7-13-8-6-11/h1-4,11H,5-8H2. The summed E-state index contributed by atoms with van der Waals surface area (Å²) in [4.78, 5) is 0. The summed E-state index contributed by atoms with van der Waals surface area (Å²) in [5.41, 5.74) is 0. The Morgan fingerprint density at radius 3 is 2.43 bits per heavy atom. The molecule has 2 rings (SSSR count). The van der Waals surface area contributed by atoms with E-state index in [9.17, 15) is 0 Å². The van der Waals surface area contributed by atoms with E-state index in [1.54, 1.807) is 0 Å². The van der Waals surface area contributed by atoms with Crippen molar-refractivity contribution < 1.29 is 4.74 Å². The number of hydrogen-bond donors (Lipinski definition) is 0. The van der Waals surface area contributed by atoms with Crippen LogP contribution in [0.25, 0.3) is 0 Å². The summed E-state index contributed by atoms with van der Waals surface area (Å²) in [6.07, 6.45) is 2.46. The highest BCUT2D eigenvalue weighted by Gasteiger charge is 2.14. The zero-order valence-electron chi connectivity index (χ0n) is 7.95. The maximum absolute atomic E-state index is 5.83. The van der Waals surface area contributed by atoms with Crippen LogP contribution in [0, 0.1) is 0 Å². The summed E-state index contributed by atoms with van der Waals surface area (Å²) >= 11 is 3.40. The number of halogens is 1. The number of piperidine rings is 1. The van der Waals surface area contributed by atoms with Crippen molar-refractivity contribution in [3.63, 3.8) is 0 Å². The zero-order chi connectivity index (χ0) is 9.80. The smallest absolute Gasteiger partial charge is 0.119 e. The lowest BCUT2D eigenvalue weighted by Crippen LogP contribution is -2.30. The maximum Gasteiger partial charge on any atom is 0.119 e. The SMILES string of the molecule is Brc1ccc(OC2CC[N]CC2)cc1. The van der Waals surface area contributed by atoms with Crippen LogP contribution in [0.2, 0.25) is 0 Å². The molecule has 1 aromatic carbocycles. The Morgan fingerprint density at radius 1 is 1.14 bits per heavy atom. The zero-order valence-corrected chi connectivity index (χ0v) is 9.53. The summed E-state index contributed by atoms with van der Waals surface area (Å²) in [6.45, 7) is 1.89. The number of hydrogen-bond acceptors (Lipinski definition) is 1. The van der Waals surface area contributed by atoms with Gasteiger partial charge in [-0.25, -0.2) is 5.32 Å². The molecule has 1 radical (unpaired) electrons. The van der Waals surface area contributed by atoms with Crippen molar-refractivity contribution in [1.29, 1.82) is 0 Å². The Morgan fingerprint density at radius 2 is 1.79 bits per heavy atom. The molecule has 0 spiro atoms. The second kappa shape index (κ2) is 4.80. The Bertz CT molecular complexity index is 280. The van der Waals surface area contributed by atoms with Crippen LogP contribution in [-0.4, -0.2) is 19.2 Å². The van der Waals surface area contributed by atoms with Gasteiger partial charge in [-0.2, -0.15) is 0 Å². The summed E-state index contributed by atoms with van der Waals surface area (Å²) < 4.78 is 6.92. The molecule has 0 atom stereocenters. The molecule has 0 N–H and O–H groups in total. The predicted molar refractivity (Wildman–Crippen MR) is 59.7 cm³/mol. The molecule has 3 heteroatoms. The molecule has 0 aliphatic carbocycles. The van der Waals surface area contributed by atoms with E-state index >= 15 is 0 Å². The molecule has 0 unspecified atom stereocenters. The van der Waals surface area contributed by atoms with Crippen molar-refractivity contribution in [2.75, 3.05) is 13.1 Å². The molecule has 75 valence electrons. The van der Waals surface area contributed by atoms with E-state index in [4.69, 9.17) is 4.74 Å². The molecule has 0 saturated carbocycles. The van der Waals surface area contributed by atoms with Gasteiger partial charge in [0.25, 0.3) is 0 Å². The third-order valence-corrected chi connectivity index (χ3v) is 2.86. The molecule has 1 fully saturated rings. The molecule has 1 aromatic rings. The molecular weight excluding hydrogens is 242 g/mol. The van der Waals surface area contributed by atoms with Gasteiger partial charge in [0, 0.05) is 17.6 Å². The number of benzene rings is 1. The van der Waals surface area contributed by atoms with E-state index in [0.29, 0.717) is 6.10 Å². The molecule has 1 saturated heterocycles. The van der Waals surface area contributed by atoms with Gasteiger partial charge in [-0.15, -0.1) is 0 Å². The summed E-state index contributed by atoms with van der Waals surface area (Å²) in [6, 6.07) is 8.00. The molecule has 1 aliphatic rings. The van der Waals surface area contributed by atoms with E-state index in [1.165, 1.54) is 0 Å². The number of nitrogens with zero attached hydrogens (tertiary/aromatic N) is 1. The fourth-order valence-electron chi connectivity index (χ4n) is 1.55. The predicted octanol–water partition coefficient (Wildman–Crippen LogP) is 2.59. The van der Waals surface area contributed by atoms with Crippen LogP contribution < -0.4 is 10.1 Å². The Balaban J connectivity index is 1.92. The lowest BCUT2D eigenvalue weighted by molar-refractivity contribution is 0.161. The largest absolute Gasteiger partial charge is 0.490 e. The monoisotopic (exact) mass is 254 g/mol. The lowest BCUT2D eigenvalue weighted by atomic mass is 10.1. The van der Waals surface area contributed by atoms with E-state index in [2.05, 4.69) is 21.2 Å². The Labute approximate surface area is 92.8 Å². The van der Waals surface area contributed by atoms with Crippen LogP contribution in [0.1, 0.15) is 12.8 Å². The quantitative estimate of drug-likeness (QED) is 0.796. The van der Waals surface area contributed by atoms with Gasteiger partial charge < -0.3 is 4.74 Å². The Hall–Kier alpha value is -0.540. The first-order chi connectivity index (χ1) is 6.84. The van der Waals surface area contributed by atoms with Crippen molar-refractivity contribution in [3.8, 4) is 5.75 Å². The molecule has 0 bridgehead atoms. The van der Waals surface area contributed by atoms with Gasteiger partial charge in [0.15, 0.2) is 0 Å². The highest BCUT2D eigenvalue weighted by atomic mass is 79.9. The fraction of sp³-hybridized carbons (Fsp3) is 0.455. The molecule has 2 nitrogen and oxygen atoms in total. The van der Waals surface area contributed by atoms with Crippen molar-refractivity contribution in [3.05, 3.63) is 28.7 Å². The van der Waals surface area contributed by atoms with Gasteiger partial charge >= 0.3 is 0 Å². The van der Waals surface area contributed by atoms with Gasteiger partial charge in [-0.3, -0.25) is 0 Å². The maximum atomic E-state index is 5.83. The van der Waals surface area contributed by atoms with Gasteiger partial charge in [0.2, 0.25) is 0 Å².